The van der Waals surface area contributed by atoms with Gasteiger partial charge in [-0.3, -0.25) is 4.79 Å². The molecule has 5 nitrogen and oxygen atoms in total. The highest BCUT2D eigenvalue weighted by atomic mass is 35.5. The standard InChI is InChI=1S/C18H18ClNO4/c1-2-23-18(22)16-14(10-6-3-4-7-11(10)19)15-12(21)8-5-9-13(15)24-17(16)20/h3-4,6-7,14H,2,5,8-9,20H2,1H3/t14-/m0/s1. The van der Waals surface area contributed by atoms with Crippen LogP contribution >= 0.6 is 11.6 Å². The summed E-state index contributed by atoms with van der Waals surface area (Å²) in [4.78, 5) is 25.0. The largest absolute Gasteiger partial charge is 0.462 e. The molecule has 0 aromatic heterocycles. The van der Waals surface area contributed by atoms with Crippen molar-refractivity contribution in [3.63, 3.8) is 0 Å². The van der Waals surface area contributed by atoms with Crippen LogP contribution in [0.15, 0.2) is 47.1 Å². The molecule has 0 spiro atoms. The van der Waals surface area contributed by atoms with Crippen LogP contribution in [-0.2, 0) is 19.1 Å². The molecule has 0 fully saturated rings. The second kappa shape index (κ2) is 6.69. The van der Waals surface area contributed by atoms with Crippen LogP contribution in [0.4, 0.5) is 0 Å². The van der Waals surface area contributed by atoms with E-state index in [0.29, 0.717) is 41.2 Å². The number of hydrogen-bond acceptors (Lipinski definition) is 5. The minimum absolute atomic E-state index is 0.0215. The van der Waals surface area contributed by atoms with E-state index in [1.165, 1.54) is 0 Å². The van der Waals surface area contributed by atoms with Crippen LogP contribution < -0.4 is 5.73 Å². The van der Waals surface area contributed by atoms with Gasteiger partial charge in [0, 0.05) is 23.4 Å². The Hall–Kier alpha value is -2.27. The fourth-order valence-electron chi connectivity index (χ4n) is 3.18. The number of allylic oxidation sites excluding steroid dienone is 2. The number of esters is 1. The first kappa shape index (κ1) is 16.6. The van der Waals surface area contributed by atoms with Gasteiger partial charge in [0.15, 0.2) is 5.78 Å². The van der Waals surface area contributed by atoms with Gasteiger partial charge >= 0.3 is 5.97 Å². The molecule has 0 bridgehead atoms. The highest BCUT2D eigenvalue weighted by molar-refractivity contribution is 6.31. The minimum atomic E-state index is -0.658. The van der Waals surface area contributed by atoms with Crippen molar-refractivity contribution in [1.29, 1.82) is 0 Å². The number of carbonyl (C=O) groups excluding carboxylic acids is 2. The predicted octanol–water partition coefficient (Wildman–Crippen LogP) is 3.19. The summed E-state index contributed by atoms with van der Waals surface area (Å²) in [6.07, 6.45) is 1.73. The van der Waals surface area contributed by atoms with Gasteiger partial charge in [0.1, 0.15) is 11.3 Å². The molecule has 1 aliphatic heterocycles. The van der Waals surface area contributed by atoms with Crippen molar-refractivity contribution >= 4 is 23.4 Å². The van der Waals surface area contributed by atoms with Crippen molar-refractivity contribution < 1.29 is 19.1 Å². The lowest BCUT2D eigenvalue weighted by atomic mass is 9.77. The highest BCUT2D eigenvalue weighted by Crippen LogP contribution is 2.45. The molecule has 24 heavy (non-hydrogen) atoms. The predicted molar refractivity (Wildman–Crippen MR) is 89.0 cm³/mol. The molecule has 1 aliphatic carbocycles. The minimum Gasteiger partial charge on any atom is -0.462 e. The summed E-state index contributed by atoms with van der Waals surface area (Å²) in [7, 11) is 0. The summed E-state index contributed by atoms with van der Waals surface area (Å²) in [6.45, 7) is 1.91. The molecule has 126 valence electrons. The van der Waals surface area contributed by atoms with Gasteiger partial charge in [0.05, 0.1) is 12.5 Å². The van der Waals surface area contributed by atoms with Crippen LogP contribution in [0, 0.1) is 0 Å². The number of hydrogen-bond donors (Lipinski definition) is 1. The van der Waals surface area contributed by atoms with Crippen molar-refractivity contribution in [1.82, 2.24) is 0 Å². The van der Waals surface area contributed by atoms with E-state index in [4.69, 9.17) is 26.8 Å². The van der Waals surface area contributed by atoms with Crippen LogP contribution in [-0.4, -0.2) is 18.4 Å². The Morgan fingerprint density at radius 3 is 2.83 bits per heavy atom. The van der Waals surface area contributed by atoms with Crippen LogP contribution in [0.5, 0.6) is 0 Å². The van der Waals surface area contributed by atoms with Gasteiger partial charge in [-0.1, -0.05) is 29.8 Å². The van der Waals surface area contributed by atoms with Gasteiger partial charge in [-0.15, -0.1) is 0 Å². The summed E-state index contributed by atoms with van der Waals surface area (Å²) >= 11 is 6.34. The Balaban J connectivity index is 2.19. The van der Waals surface area contributed by atoms with Crippen molar-refractivity contribution in [2.24, 2.45) is 5.73 Å². The normalized spacial score (nSPS) is 20.6. The number of nitrogens with two attached hydrogens (primary N) is 1. The zero-order valence-electron chi connectivity index (χ0n) is 13.3. The smallest absolute Gasteiger partial charge is 0.340 e. The maximum Gasteiger partial charge on any atom is 0.340 e. The number of ketones is 1. The second-order valence-corrected chi connectivity index (χ2v) is 6.08. The summed E-state index contributed by atoms with van der Waals surface area (Å²) in [6, 6.07) is 7.11. The van der Waals surface area contributed by atoms with E-state index in [-0.39, 0.29) is 23.8 Å². The van der Waals surface area contributed by atoms with Crippen LogP contribution in [0.2, 0.25) is 5.02 Å². The average molecular weight is 348 g/mol. The zero-order valence-corrected chi connectivity index (χ0v) is 14.1. The Labute approximate surface area is 145 Å². The molecular formula is C18H18ClNO4. The summed E-state index contributed by atoms with van der Waals surface area (Å²) in [5, 5.41) is 0.462. The first-order valence-corrected chi connectivity index (χ1v) is 8.27. The van der Waals surface area contributed by atoms with Crippen molar-refractivity contribution in [3.8, 4) is 0 Å². The molecule has 3 rings (SSSR count). The van der Waals surface area contributed by atoms with E-state index in [2.05, 4.69) is 0 Å². The van der Waals surface area contributed by atoms with Crippen molar-refractivity contribution in [2.75, 3.05) is 6.61 Å². The molecule has 1 heterocycles. The first-order valence-electron chi connectivity index (χ1n) is 7.89. The van der Waals surface area contributed by atoms with E-state index in [1.54, 1.807) is 25.1 Å². The van der Waals surface area contributed by atoms with E-state index >= 15 is 0 Å². The molecule has 0 saturated heterocycles. The number of halogens is 1. The molecule has 1 aromatic rings. The number of rotatable bonds is 3. The van der Waals surface area contributed by atoms with Gasteiger partial charge in [0.25, 0.3) is 0 Å². The van der Waals surface area contributed by atoms with Gasteiger partial charge in [-0.2, -0.15) is 0 Å². The molecule has 0 amide bonds. The molecular weight excluding hydrogens is 330 g/mol. The topological polar surface area (TPSA) is 78.6 Å². The number of ether oxygens (including phenoxy) is 2. The van der Waals surface area contributed by atoms with E-state index < -0.39 is 11.9 Å². The lowest BCUT2D eigenvalue weighted by Crippen LogP contribution is -2.31. The summed E-state index contributed by atoms with van der Waals surface area (Å²) in [5.74, 6) is -0.789. The van der Waals surface area contributed by atoms with Gasteiger partial charge < -0.3 is 15.2 Å². The van der Waals surface area contributed by atoms with Crippen molar-refractivity contribution in [2.45, 2.75) is 32.1 Å². The maximum atomic E-state index is 12.6. The van der Waals surface area contributed by atoms with E-state index in [9.17, 15) is 9.59 Å². The van der Waals surface area contributed by atoms with Crippen LogP contribution in [0.1, 0.15) is 37.7 Å². The lowest BCUT2D eigenvalue weighted by molar-refractivity contribution is -0.139. The van der Waals surface area contributed by atoms with Gasteiger partial charge in [0.2, 0.25) is 5.88 Å². The fraction of sp³-hybridized carbons (Fsp3) is 0.333. The van der Waals surface area contributed by atoms with Gasteiger partial charge in [-0.05, 0) is 25.0 Å². The fourth-order valence-corrected chi connectivity index (χ4v) is 3.43. The molecule has 6 heteroatoms. The van der Waals surface area contributed by atoms with Crippen molar-refractivity contribution in [3.05, 3.63) is 57.6 Å². The Kier molecular flexibility index (Phi) is 4.62. The number of Topliss-reactive ketones (excluding diaryl/α,β-unsaturated/α-hetero) is 1. The molecule has 1 atom stereocenters. The summed E-state index contributed by atoms with van der Waals surface area (Å²) < 4.78 is 10.7. The lowest BCUT2D eigenvalue weighted by Gasteiger charge is -2.32. The molecule has 2 N–H and O–H groups in total. The quantitative estimate of drug-likeness (QED) is 0.849. The molecule has 0 unspecified atom stereocenters. The Bertz CT molecular complexity index is 766. The second-order valence-electron chi connectivity index (χ2n) is 5.67. The highest BCUT2D eigenvalue weighted by Gasteiger charge is 2.41. The summed E-state index contributed by atoms with van der Waals surface area (Å²) in [5.41, 5.74) is 7.26. The SMILES string of the molecule is CCOC(=O)C1=C(N)OC2=C(C(=O)CCC2)[C@@H]1c1ccccc1Cl. The molecule has 1 aromatic carbocycles. The third-order valence-electron chi connectivity index (χ3n) is 4.20. The van der Waals surface area contributed by atoms with E-state index in [0.717, 1.165) is 0 Å². The molecule has 0 saturated carbocycles. The third-order valence-corrected chi connectivity index (χ3v) is 4.54. The molecule has 0 radical (unpaired) electrons. The average Bonchev–Trinajstić information content (AvgIpc) is 2.54. The monoisotopic (exact) mass is 347 g/mol. The zero-order chi connectivity index (χ0) is 17.3. The molecule has 2 aliphatic rings. The van der Waals surface area contributed by atoms with E-state index in [1.807, 2.05) is 6.07 Å². The Morgan fingerprint density at radius 2 is 2.12 bits per heavy atom. The number of benzene rings is 1. The Morgan fingerprint density at radius 1 is 1.38 bits per heavy atom. The maximum absolute atomic E-state index is 12.6. The van der Waals surface area contributed by atoms with Gasteiger partial charge in [-0.25, -0.2) is 4.79 Å². The first-order chi connectivity index (χ1) is 11.5. The third kappa shape index (κ3) is 2.80. The van der Waals surface area contributed by atoms with Crippen LogP contribution in [0.25, 0.3) is 0 Å². The van der Waals surface area contributed by atoms with Crippen LogP contribution in [0.3, 0.4) is 0 Å². The number of carbonyl (C=O) groups is 2.